The number of rotatable bonds is 7. The van der Waals surface area contributed by atoms with Gasteiger partial charge < -0.3 is 5.11 Å². The van der Waals surface area contributed by atoms with Gasteiger partial charge >= 0.3 is 0 Å². The Labute approximate surface area is 158 Å². The zero-order valence-corrected chi connectivity index (χ0v) is 16.7. The van der Waals surface area contributed by atoms with Crippen LogP contribution in [0.2, 0.25) is 0 Å². The van der Waals surface area contributed by atoms with Gasteiger partial charge in [-0.3, -0.25) is 4.31 Å². The molecule has 0 atom stereocenters. The Morgan fingerprint density at radius 3 is 2.19 bits per heavy atom. The molecule has 0 bridgehead atoms. The van der Waals surface area contributed by atoms with Gasteiger partial charge in [-0.05, 0) is 55.3 Å². The van der Waals surface area contributed by atoms with Crippen molar-refractivity contribution in [3.8, 4) is 0 Å². The fourth-order valence-corrected chi connectivity index (χ4v) is 5.32. The van der Waals surface area contributed by atoms with E-state index in [4.69, 9.17) is 5.11 Å². The third kappa shape index (κ3) is 4.29. The van der Waals surface area contributed by atoms with Crippen LogP contribution < -0.4 is 9.03 Å². The van der Waals surface area contributed by atoms with Crippen LogP contribution in [0, 0.1) is 19.7 Å². The van der Waals surface area contributed by atoms with E-state index in [1.807, 2.05) is 0 Å². The fraction of sp³-hybridized carbons (Fsp3) is 0.294. The third-order valence-corrected chi connectivity index (χ3v) is 7.44. The molecule has 2 N–H and O–H groups in total. The van der Waals surface area contributed by atoms with Crippen molar-refractivity contribution in [1.29, 1.82) is 0 Å². The molecule has 0 saturated carbocycles. The maximum atomic E-state index is 13.1. The van der Waals surface area contributed by atoms with Crippen molar-refractivity contribution < 1.29 is 26.3 Å². The van der Waals surface area contributed by atoms with Gasteiger partial charge in [0.15, 0.2) is 0 Å². The second-order valence-electron chi connectivity index (χ2n) is 5.90. The van der Waals surface area contributed by atoms with Crippen LogP contribution in [-0.4, -0.2) is 42.1 Å². The first-order valence-corrected chi connectivity index (χ1v) is 10.9. The molecular weight excluding hydrogens is 395 g/mol. The van der Waals surface area contributed by atoms with Gasteiger partial charge in [-0.1, -0.05) is 6.07 Å². The second-order valence-corrected chi connectivity index (χ2v) is 9.61. The number of aryl methyl sites for hydroxylation is 1. The zero-order valence-electron chi connectivity index (χ0n) is 15.1. The Morgan fingerprint density at radius 2 is 1.63 bits per heavy atom. The summed E-state index contributed by atoms with van der Waals surface area (Å²) in [7, 11) is -6.63. The highest BCUT2D eigenvalue weighted by Gasteiger charge is 2.27. The van der Waals surface area contributed by atoms with Crippen molar-refractivity contribution in [2.24, 2.45) is 0 Å². The zero-order chi connectivity index (χ0) is 20.4. The van der Waals surface area contributed by atoms with Crippen molar-refractivity contribution in [2.75, 3.05) is 24.5 Å². The van der Waals surface area contributed by atoms with E-state index >= 15 is 0 Å². The fourth-order valence-electron chi connectivity index (χ4n) is 2.74. The van der Waals surface area contributed by atoms with E-state index in [0.29, 0.717) is 5.56 Å². The molecule has 0 aliphatic carbocycles. The molecule has 10 heteroatoms. The lowest BCUT2D eigenvalue weighted by atomic mass is 10.1. The highest BCUT2D eigenvalue weighted by atomic mass is 32.2. The summed E-state index contributed by atoms with van der Waals surface area (Å²) in [6, 6.07) is 7.27. The summed E-state index contributed by atoms with van der Waals surface area (Å²) in [5, 5.41) is 8.84. The Morgan fingerprint density at radius 1 is 1.04 bits per heavy atom. The van der Waals surface area contributed by atoms with Crippen molar-refractivity contribution in [3.63, 3.8) is 0 Å². The van der Waals surface area contributed by atoms with E-state index in [9.17, 15) is 21.2 Å². The van der Waals surface area contributed by atoms with Crippen LogP contribution in [0.15, 0.2) is 46.2 Å². The van der Waals surface area contributed by atoms with Crippen molar-refractivity contribution in [2.45, 2.75) is 23.6 Å². The van der Waals surface area contributed by atoms with Gasteiger partial charge in [0.1, 0.15) is 5.82 Å². The molecule has 0 heterocycles. The van der Waals surface area contributed by atoms with Crippen LogP contribution >= 0.6 is 0 Å². The van der Waals surface area contributed by atoms with Gasteiger partial charge in [-0.2, -0.15) is 0 Å². The van der Waals surface area contributed by atoms with Crippen molar-refractivity contribution in [3.05, 3.63) is 53.3 Å². The number of halogens is 1. The molecule has 0 spiro atoms. The van der Waals surface area contributed by atoms with Crippen LogP contribution in [0.4, 0.5) is 10.1 Å². The predicted molar refractivity (Wildman–Crippen MR) is 100 cm³/mol. The summed E-state index contributed by atoms with van der Waals surface area (Å²) in [4.78, 5) is -0.199. The molecule has 0 fully saturated rings. The lowest BCUT2D eigenvalue weighted by Gasteiger charge is -2.25. The van der Waals surface area contributed by atoms with Crippen LogP contribution in [0.3, 0.4) is 0 Å². The number of aliphatic hydroxyl groups is 1. The van der Waals surface area contributed by atoms with Crippen LogP contribution in [-0.2, 0) is 20.0 Å². The number of nitrogens with one attached hydrogen (secondary N) is 1. The SMILES string of the molecule is Cc1ccc(S(=O)(=O)NCCO)c(C)c1N(C)S(=O)(=O)c1ccc(F)cc1. The molecule has 2 aromatic rings. The quantitative estimate of drug-likeness (QED) is 0.713. The average Bonchev–Trinajstić information content (AvgIpc) is 2.60. The Kier molecular flexibility index (Phi) is 6.25. The van der Waals surface area contributed by atoms with Crippen molar-refractivity contribution in [1.82, 2.24) is 4.72 Å². The van der Waals surface area contributed by atoms with Gasteiger partial charge in [0.25, 0.3) is 10.0 Å². The normalized spacial score (nSPS) is 12.2. The molecule has 0 saturated heterocycles. The number of hydrogen-bond acceptors (Lipinski definition) is 5. The van der Waals surface area contributed by atoms with E-state index in [1.165, 1.54) is 26.1 Å². The number of aliphatic hydroxyl groups excluding tert-OH is 1. The molecule has 0 amide bonds. The van der Waals surface area contributed by atoms with Gasteiger partial charge in [0.05, 0.1) is 22.1 Å². The van der Waals surface area contributed by atoms with E-state index < -0.39 is 25.9 Å². The number of hydrogen-bond donors (Lipinski definition) is 2. The molecule has 148 valence electrons. The number of nitrogens with zero attached hydrogens (tertiary/aromatic N) is 1. The predicted octanol–water partition coefficient (Wildman–Crippen LogP) is 1.54. The molecular formula is C17H21FN2O5S2. The highest BCUT2D eigenvalue weighted by Crippen LogP contribution is 2.32. The molecule has 0 aliphatic rings. The average molecular weight is 416 g/mol. The minimum Gasteiger partial charge on any atom is -0.395 e. The van der Waals surface area contributed by atoms with E-state index in [0.717, 1.165) is 28.6 Å². The van der Waals surface area contributed by atoms with Gasteiger partial charge in [0, 0.05) is 13.6 Å². The summed E-state index contributed by atoms with van der Waals surface area (Å²) in [5.74, 6) is -0.563. The largest absolute Gasteiger partial charge is 0.395 e. The van der Waals surface area contributed by atoms with E-state index in [1.54, 1.807) is 6.92 Å². The standard InChI is InChI=1S/C17H21FN2O5S2/c1-12-4-9-16(26(22,23)19-10-11-21)13(2)17(12)20(3)27(24,25)15-7-5-14(18)6-8-15/h4-9,19,21H,10-11H2,1-3H3. The van der Waals surface area contributed by atoms with Gasteiger partial charge in [0.2, 0.25) is 10.0 Å². The first-order chi connectivity index (χ1) is 12.5. The molecule has 2 aromatic carbocycles. The molecule has 0 aliphatic heterocycles. The van der Waals surface area contributed by atoms with Crippen molar-refractivity contribution >= 4 is 25.7 Å². The smallest absolute Gasteiger partial charge is 0.264 e. The first-order valence-electron chi connectivity index (χ1n) is 7.97. The maximum absolute atomic E-state index is 13.1. The summed E-state index contributed by atoms with van der Waals surface area (Å²) >= 11 is 0. The Bertz CT molecular complexity index is 1040. The van der Waals surface area contributed by atoms with Crippen LogP contribution in [0.1, 0.15) is 11.1 Å². The molecule has 0 unspecified atom stereocenters. The van der Waals surface area contributed by atoms with E-state index in [-0.39, 0.29) is 34.2 Å². The Hall–Kier alpha value is -2.01. The van der Waals surface area contributed by atoms with E-state index in [2.05, 4.69) is 4.72 Å². The summed E-state index contributed by atoms with van der Waals surface area (Å²) in [6.07, 6.45) is 0. The molecule has 0 radical (unpaired) electrons. The summed E-state index contributed by atoms with van der Waals surface area (Å²) in [5.41, 5.74) is 1.02. The molecule has 7 nitrogen and oxygen atoms in total. The second kappa shape index (κ2) is 7.93. The van der Waals surface area contributed by atoms with Gasteiger partial charge in [-0.15, -0.1) is 0 Å². The van der Waals surface area contributed by atoms with Crippen LogP contribution in [0.25, 0.3) is 0 Å². The molecule has 0 aromatic heterocycles. The summed E-state index contributed by atoms with van der Waals surface area (Å²) < 4.78 is 67.0. The van der Waals surface area contributed by atoms with Crippen LogP contribution in [0.5, 0.6) is 0 Å². The summed E-state index contributed by atoms with van der Waals surface area (Å²) in [6.45, 7) is 2.65. The molecule has 2 rings (SSSR count). The number of anilines is 1. The number of sulfonamides is 2. The Balaban J connectivity index is 2.58. The maximum Gasteiger partial charge on any atom is 0.264 e. The van der Waals surface area contributed by atoms with Gasteiger partial charge in [-0.25, -0.2) is 25.9 Å². The third-order valence-electron chi connectivity index (χ3n) is 4.06. The monoisotopic (exact) mass is 416 g/mol. The highest BCUT2D eigenvalue weighted by molar-refractivity contribution is 7.92. The lowest BCUT2D eigenvalue weighted by molar-refractivity contribution is 0.301. The molecule has 27 heavy (non-hydrogen) atoms. The lowest BCUT2D eigenvalue weighted by Crippen LogP contribution is -2.30. The minimum absolute atomic E-state index is 0.0855. The topological polar surface area (TPSA) is 104 Å². The number of benzene rings is 2. The first kappa shape index (κ1) is 21.3. The minimum atomic E-state index is -4.02.